The van der Waals surface area contributed by atoms with Crippen molar-refractivity contribution < 1.29 is 19.0 Å². The summed E-state index contributed by atoms with van der Waals surface area (Å²) in [5.74, 6) is 7.99. The van der Waals surface area contributed by atoms with Crippen LogP contribution < -0.4 is 0 Å². The highest BCUT2D eigenvalue weighted by Gasteiger charge is 2.74. The summed E-state index contributed by atoms with van der Waals surface area (Å²) >= 11 is 0. The van der Waals surface area contributed by atoms with Gasteiger partial charge >= 0.3 is 0 Å². The molecule has 188 valence electrons. The lowest BCUT2D eigenvalue weighted by molar-refractivity contribution is -0.380. The van der Waals surface area contributed by atoms with Crippen molar-refractivity contribution in [1.29, 1.82) is 0 Å². The molecule has 1 unspecified atom stereocenters. The highest BCUT2D eigenvalue weighted by atomic mass is 28.4. The molecule has 3 saturated carbocycles. The minimum Gasteiger partial charge on any atom is -0.403 e. The van der Waals surface area contributed by atoms with Crippen LogP contribution in [-0.4, -0.2) is 44.6 Å². The number of hydrogen-bond donors (Lipinski definition) is 1. The number of aliphatic hydroxyl groups is 1. The average molecular weight is 477 g/mol. The van der Waals surface area contributed by atoms with Gasteiger partial charge in [0.25, 0.3) is 0 Å². The van der Waals surface area contributed by atoms with Gasteiger partial charge in [0.1, 0.15) is 6.10 Å². The molecule has 1 spiro atoms. The number of rotatable bonds is 4. The molecule has 0 radical (unpaired) electrons. The van der Waals surface area contributed by atoms with Gasteiger partial charge in [-0.3, -0.25) is 0 Å². The lowest BCUT2D eigenvalue weighted by Gasteiger charge is -2.68. The van der Waals surface area contributed by atoms with Crippen LogP contribution >= 0.6 is 0 Å². The van der Waals surface area contributed by atoms with E-state index in [0.29, 0.717) is 19.1 Å². The van der Waals surface area contributed by atoms with Crippen LogP contribution in [0.3, 0.4) is 0 Å². The van der Waals surface area contributed by atoms with E-state index in [1.807, 2.05) is 0 Å². The molecule has 1 heterocycles. The first-order valence-corrected chi connectivity index (χ1v) is 16.5. The molecule has 1 saturated heterocycles. The molecule has 1 aliphatic heterocycles. The van der Waals surface area contributed by atoms with Crippen LogP contribution in [0.1, 0.15) is 86.0 Å². The second kappa shape index (κ2) is 9.25. The molecule has 5 heteroatoms. The van der Waals surface area contributed by atoms with Crippen molar-refractivity contribution in [3.05, 3.63) is 0 Å². The minimum absolute atomic E-state index is 0.0299. The molecule has 0 bridgehead atoms. The van der Waals surface area contributed by atoms with Crippen molar-refractivity contribution in [2.75, 3.05) is 13.2 Å². The van der Waals surface area contributed by atoms with Gasteiger partial charge in [-0.15, -0.1) is 0 Å². The first-order valence-electron chi connectivity index (χ1n) is 13.6. The van der Waals surface area contributed by atoms with Crippen molar-refractivity contribution in [2.45, 2.75) is 122 Å². The first kappa shape index (κ1) is 25.7. The summed E-state index contributed by atoms with van der Waals surface area (Å²) in [6.07, 6.45) is 9.00. The monoisotopic (exact) mass is 476 g/mol. The molecule has 4 fully saturated rings. The third kappa shape index (κ3) is 4.49. The van der Waals surface area contributed by atoms with Gasteiger partial charge in [0.15, 0.2) is 14.1 Å². The standard InChI is InChI=1S/C28H48O4Si/c1-20-25-23(24(29)15-16-27(25,5)28(20)30-17-18-31-28)14-13-22(19-21-11-9-8-10-12-21)32-33(6,7)26(2,3)4/h20-25,29H,8-12,15-19H2,1-7H3/t20?,22-,23-,24+,25+,27-/m1/s1. The minimum atomic E-state index is -1.93. The van der Waals surface area contributed by atoms with Gasteiger partial charge in [0, 0.05) is 11.3 Å². The lowest BCUT2D eigenvalue weighted by Crippen LogP contribution is -2.73. The fourth-order valence-electron chi connectivity index (χ4n) is 7.15. The fourth-order valence-corrected chi connectivity index (χ4v) is 8.37. The average Bonchev–Trinajstić information content (AvgIpc) is 3.27. The maximum absolute atomic E-state index is 11.0. The normalized spacial score (nSPS) is 37.7. The molecule has 0 aromatic rings. The first-order chi connectivity index (χ1) is 15.4. The molecule has 4 aliphatic rings. The van der Waals surface area contributed by atoms with Crippen LogP contribution in [0, 0.1) is 40.9 Å². The summed E-state index contributed by atoms with van der Waals surface area (Å²) in [6, 6.07) is 0. The van der Waals surface area contributed by atoms with E-state index in [0.717, 1.165) is 25.2 Å². The Labute approximate surface area is 203 Å². The second-order valence-electron chi connectivity index (χ2n) is 13.1. The Morgan fingerprint density at radius 1 is 1.09 bits per heavy atom. The van der Waals surface area contributed by atoms with Crippen LogP contribution in [0.4, 0.5) is 0 Å². The molecule has 1 N–H and O–H groups in total. The Balaban J connectivity index is 1.56. The van der Waals surface area contributed by atoms with Gasteiger partial charge in [0.05, 0.1) is 25.2 Å². The maximum atomic E-state index is 11.0. The topological polar surface area (TPSA) is 47.9 Å². The van der Waals surface area contributed by atoms with Gasteiger partial charge in [0.2, 0.25) is 0 Å². The number of hydrogen-bond acceptors (Lipinski definition) is 4. The summed E-state index contributed by atoms with van der Waals surface area (Å²) in [7, 11) is -1.93. The molecule has 0 aromatic carbocycles. The van der Waals surface area contributed by atoms with E-state index in [9.17, 15) is 5.11 Å². The van der Waals surface area contributed by atoms with E-state index in [1.165, 1.54) is 32.1 Å². The maximum Gasteiger partial charge on any atom is 0.193 e. The summed E-state index contributed by atoms with van der Waals surface area (Å²) in [4.78, 5) is 0. The van der Waals surface area contributed by atoms with E-state index in [-0.39, 0.29) is 34.5 Å². The van der Waals surface area contributed by atoms with Crippen LogP contribution in [0.5, 0.6) is 0 Å². The Morgan fingerprint density at radius 3 is 2.33 bits per heavy atom. The van der Waals surface area contributed by atoms with Crippen molar-refractivity contribution in [3.8, 4) is 11.8 Å². The fraction of sp³-hybridized carbons (Fsp3) is 0.929. The molecule has 0 aromatic heterocycles. The second-order valence-corrected chi connectivity index (χ2v) is 17.9. The Bertz CT molecular complexity index is 750. The van der Waals surface area contributed by atoms with Gasteiger partial charge in [-0.25, -0.2) is 0 Å². The molecule has 4 rings (SSSR count). The molecule has 4 nitrogen and oxygen atoms in total. The molecule has 33 heavy (non-hydrogen) atoms. The van der Waals surface area contributed by atoms with Crippen LogP contribution in [0.25, 0.3) is 0 Å². The summed E-state index contributed by atoms with van der Waals surface area (Å²) in [5.41, 5.74) is -0.0688. The zero-order valence-corrected chi connectivity index (χ0v) is 23.2. The number of aliphatic hydroxyl groups excluding tert-OH is 1. The van der Waals surface area contributed by atoms with Crippen LogP contribution in [0.15, 0.2) is 0 Å². The predicted octanol–water partition coefficient (Wildman–Crippen LogP) is 6.14. The van der Waals surface area contributed by atoms with Crippen LogP contribution in [0.2, 0.25) is 18.1 Å². The SMILES string of the molecule is CC1[C@H]2[C@H](C#C[C@H](CC3CCCCC3)O[Si](C)(C)C(C)(C)C)[C@@H](O)CC[C@@]2(C)C12OCCO2. The third-order valence-corrected chi connectivity index (χ3v) is 14.6. The van der Waals surface area contributed by atoms with E-state index in [2.05, 4.69) is 59.6 Å². The molecule has 3 aliphatic carbocycles. The summed E-state index contributed by atoms with van der Waals surface area (Å²) in [6.45, 7) is 17.5. The summed E-state index contributed by atoms with van der Waals surface area (Å²) in [5, 5.41) is 11.2. The number of fused-ring (bicyclic) bond motifs is 2. The lowest BCUT2D eigenvalue weighted by atomic mass is 9.42. The van der Waals surface area contributed by atoms with E-state index in [4.69, 9.17) is 13.9 Å². The molecular weight excluding hydrogens is 428 g/mol. The van der Waals surface area contributed by atoms with Crippen molar-refractivity contribution in [3.63, 3.8) is 0 Å². The van der Waals surface area contributed by atoms with Crippen molar-refractivity contribution >= 4 is 8.32 Å². The van der Waals surface area contributed by atoms with Gasteiger partial charge in [-0.2, -0.15) is 0 Å². The third-order valence-electron chi connectivity index (χ3n) is 10.1. The largest absolute Gasteiger partial charge is 0.403 e. The van der Waals surface area contributed by atoms with E-state index < -0.39 is 14.1 Å². The van der Waals surface area contributed by atoms with Crippen LogP contribution in [-0.2, 0) is 13.9 Å². The number of ether oxygens (including phenoxy) is 2. The van der Waals surface area contributed by atoms with Crippen molar-refractivity contribution in [1.82, 2.24) is 0 Å². The Hall–Kier alpha value is -0.383. The van der Waals surface area contributed by atoms with E-state index >= 15 is 0 Å². The molecule has 6 atom stereocenters. The molecular formula is C28H48O4Si. The van der Waals surface area contributed by atoms with Crippen molar-refractivity contribution in [2.24, 2.45) is 29.1 Å². The highest BCUT2D eigenvalue weighted by Crippen LogP contribution is 2.69. The van der Waals surface area contributed by atoms with Gasteiger partial charge < -0.3 is 19.0 Å². The Morgan fingerprint density at radius 2 is 1.73 bits per heavy atom. The predicted molar refractivity (Wildman–Crippen MR) is 135 cm³/mol. The zero-order chi connectivity index (χ0) is 24.1. The Kier molecular flexibility index (Phi) is 7.20. The van der Waals surface area contributed by atoms with Gasteiger partial charge in [-0.1, -0.05) is 78.6 Å². The molecule has 0 amide bonds. The van der Waals surface area contributed by atoms with Gasteiger partial charge in [-0.05, 0) is 49.2 Å². The zero-order valence-electron chi connectivity index (χ0n) is 22.2. The van der Waals surface area contributed by atoms with E-state index in [1.54, 1.807) is 0 Å². The highest BCUT2D eigenvalue weighted by molar-refractivity contribution is 6.74. The summed E-state index contributed by atoms with van der Waals surface area (Å²) < 4.78 is 19.3. The quantitative estimate of drug-likeness (QED) is 0.391. The smallest absolute Gasteiger partial charge is 0.193 e.